The molecule has 1 unspecified atom stereocenters. The van der Waals surface area contributed by atoms with Crippen LogP contribution in [0, 0.1) is 20.8 Å². The van der Waals surface area contributed by atoms with E-state index in [9.17, 15) is 0 Å². The van der Waals surface area contributed by atoms with E-state index in [2.05, 4.69) is 49.2 Å². The largest absolute Gasteiger partial charge is 0.330 e. The van der Waals surface area contributed by atoms with Gasteiger partial charge in [0.15, 0.2) is 0 Å². The van der Waals surface area contributed by atoms with E-state index >= 15 is 0 Å². The van der Waals surface area contributed by atoms with Crippen molar-refractivity contribution < 1.29 is 0 Å². The molecule has 0 aromatic heterocycles. The molecule has 1 N–H and O–H groups in total. The highest BCUT2D eigenvalue weighted by atomic mass is 15.3. The predicted molar refractivity (Wildman–Crippen MR) is 76.9 cm³/mol. The Bertz CT molecular complexity index is 479. The quantitative estimate of drug-likeness (QED) is 0.812. The van der Waals surface area contributed by atoms with Crippen molar-refractivity contribution in [3.05, 3.63) is 40.6 Å². The molecule has 1 saturated heterocycles. The third-order valence-corrected chi connectivity index (χ3v) is 4.12. The van der Waals surface area contributed by atoms with Crippen LogP contribution < -0.4 is 10.2 Å². The van der Waals surface area contributed by atoms with E-state index in [1.807, 2.05) is 0 Å². The molecular weight excluding hydrogens is 220 g/mol. The van der Waals surface area contributed by atoms with Gasteiger partial charge in [-0.2, -0.15) is 0 Å². The summed E-state index contributed by atoms with van der Waals surface area (Å²) in [6.45, 7) is 7.59. The monoisotopic (exact) mass is 242 g/mol. The lowest BCUT2D eigenvalue weighted by atomic mass is 9.98. The molecule has 1 atom stereocenters. The van der Waals surface area contributed by atoms with Crippen LogP contribution in [0.4, 0.5) is 5.69 Å². The van der Waals surface area contributed by atoms with Crippen molar-refractivity contribution in [2.45, 2.75) is 46.1 Å². The van der Waals surface area contributed by atoms with Crippen molar-refractivity contribution in [1.29, 1.82) is 0 Å². The number of allylic oxidation sites excluding steroid dienone is 1. The van der Waals surface area contributed by atoms with Crippen molar-refractivity contribution in [3.8, 4) is 0 Å². The molecule has 1 aliphatic carbocycles. The molecule has 0 bridgehead atoms. The highest BCUT2D eigenvalue weighted by molar-refractivity contribution is 5.65. The third kappa shape index (κ3) is 1.85. The fourth-order valence-electron chi connectivity index (χ4n) is 3.47. The summed E-state index contributed by atoms with van der Waals surface area (Å²) < 4.78 is 0. The number of nitrogens with one attached hydrogen (secondary N) is 1. The number of nitrogens with zero attached hydrogens (tertiary/aromatic N) is 1. The molecule has 0 radical (unpaired) electrons. The number of hydrogen-bond donors (Lipinski definition) is 1. The molecule has 0 saturated carbocycles. The van der Waals surface area contributed by atoms with Crippen LogP contribution in [0.5, 0.6) is 0 Å². The first-order valence-corrected chi connectivity index (χ1v) is 6.95. The molecule has 96 valence electrons. The average molecular weight is 242 g/mol. The zero-order valence-corrected chi connectivity index (χ0v) is 11.6. The topological polar surface area (TPSA) is 15.3 Å². The molecule has 2 nitrogen and oxygen atoms in total. The summed E-state index contributed by atoms with van der Waals surface area (Å²) >= 11 is 0. The highest BCUT2D eigenvalue weighted by Crippen LogP contribution is 2.35. The maximum atomic E-state index is 3.63. The number of rotatable bonds is 1. The van der Waals surface area contributed by atoms with E-state index in [0.717, 1.165) is 6.67 Å². The van der Waals surface area contributed by atoms with Gasteiger partial charge in [0, 0.05) is 17.4 Å². The van der Waals surface area contributed by atoms with Gasteiger partial charge in [0.1, 0.15) is 0 Å². The molecular formula is C16H22N2. The molecule has 2 heteroatoms. The summed E-state index contributed by atoms with van der Waals surface area (Å²) in [6, 6.07) is 5.16. The van der Waals surface area contributed by atoms with Crippen LogP contribution in [-0.4, -0.2) is 12.7 Å². The van der Waals surface area contributed by atoms with Gasteiger partial charge in [-0.05, 0) is 51.2 Å². The summed E-state index contributed by atoms with van der Waals surface area (Å²) in [7, 11) is 0. The number of hydrogen-bond acceptors (Lipinski definition) is 2. The molecule has 1 aromatic rings. The van der Waals surface area contributed by atoms with Crippen LogP contribution in [-0.2, 0) is 0 Å². The number of anilines is 1. The fraction of sp³-hybridized carbons (Fsp3) is 0.500. The molecule has 1 aliphatic heterocycles. The SMILES string of the molecule is Cc1cc(C)c(N2CNC3CCCC=C32)c(C)c1. The maximum Gasteiger partial charge on any atom is 0.0734 e. The zero-order valence-electron chi connectivity index (χ0n) is 11.6. The fourth-order valence-corrected chi connectivity index (χ4v) is 3.47. The van der Waals surface area contributed by atoms with Gasteiger partial charge in [-0.3, -0.25) is 5.32 Å². The first kappa shape index (κ1) is 11.8. The first-order chi connectivity index (χ1) is 8.66. The summed E-state index contributed by atoms with van der Waals surface area (Å²) in [5, 5.41) is 3.63. The van der Waals surface area contributed by atoms with Gasteiger partial charge < -0.3 is 4.90 Å². The van der Waals surface area contributed by atoms with Gasteiger partial charge >= 0.3 is 0 Å². The average Bonchev–Trinajstić information content (AvgIpc) is 2.72. The molecule has 3 rings (SSSR count). The van der Waals surface area contributed by atoms with E-state index in [0.29, 0.717) is 6.04 Å². The number of aryl methyl sites for hydroxylation is 3. The summed E-state index contributed by atoms with van der Waals surface area (Å²) in [5.74, 6) is 0. The Morgan fingerprint density at radius 2 is 1.89 bits per heavy atom. The second-order valence-corrected chi connectivity index (χ2v) is 5.65. The van der Waals surface area contributed by atoms with Gasteiger partial charge in [0.2, 0.25) is 0 Å². The van der Waals surface area contributed by atoms with E-state index in [4.69, 9.17) is 0 Å². The lowest BCUT2D eigenvalue weighted by Crippen LogP contribution is -2.23. The van der Waals surface area contributed by atoms with Gasteiger partial charge in [0.05, 0.1) is 6.67 Å². The van der Waals surface area contributed by atoms with Crippen LogP contribution in [0.3, 0.4) is 0 Å². The summed E-state index contributed by atoms with van der Waals surface area (Å²) in [4.78, 5) is 2.48. The van der Waals surface area contributed by atoms with Crippen LogP contribution in [0.2, 0.25) is 0 Å². The van der Waals surface area contributed by atoms with Crippen molar-refractivity contribution in [1.82, 2.24) is 5.32 Å². The lowest BCUT2D eigenvalue weighted by molar-refractivity contribution is 0.567. The van der Waals surface area contributed by atoms with Crippen LogP contribution in [0.25, 0.3) is 0 Å². The Morgan fingerprint density at radius 1 is 1.17 bits per heavy atom. The lowest BCUT2D eigenvalue weighted by Gasteiger charge is -2.27. The molecule has 0 amide bonds. The zero-order chi connectivity index (χ0) is 12.7. The van der Waals surface area contributed by atoms with Crippen LogP contribution >= 0.6 is 0 Å². The minimum atomic E-state index is 0.582. The van der Waals surface area contributed by atoms with Crippen molar-refractivity contribution in [2.24, 2.45) is 0 Å². The van der Waals surface area contributed by atoms with E-state index in [1.54, 1.807) is 0 Å². The van der Waals surface area contributed by atoms with E-state index in [1.165, 1.54) is 47.3 Å². The van der Waals surface area contributed by atoms with Crippen molar-refractivity contribution >= 4 is 5.69 Å². The summed E-state index contributed by atoms with van der Waals surface area (Å²) in [5.41, 5.74) is 7.04. The molecule has 1 aromatic carbocycles. The Morgan fingerprint density at radius 3 is 2.61 bits per heavy atom. The van der Waals surface area contributed by atoms with E-state index < -0.39 is 0 Å². The molecule has 18 heavy (non-hydrogen) atoms. The van der Waals surface area contributed by atoms with Crippen LogP contribution in [0.1, 0.15) is 36.0 Å². The normalized spacial score (nSPS) is 22.9. The van der Waals surface area contributed by atoms with E-state index in [-0.39, 0.29) is 0 Å². The highest BCUT2D eigenvalue weighted by Gasteiger charge is 2.30. The minimum absolute atomic E-state index is 0.582. The van der Waals surface area contributed by atoms with Gasteiger partial charge in [-0.25, -0.2) is 0 Å². The van der Waals surface area contributed by atoms with Crippen molar-refractivity contribution in [3.63, 3.8) is 0 Å². The Labute approximate surface area is 110 Å². The first-order valence-electron chi connectivity index (χ1n) is 6.95. The second-order valence-electron chi connectivity index (χ2n) is 5.65. The second kappa shape index (κ2) is 4.43. The van der Waals surface area contributed by atoms with Gasteiger partial charge in [-0.1, -0.05) is 23.8 Å². The van der Waals surface area contributed by atoms with Crippen molar-refractivity contribution in [2.75, 3.05) is 11.6 Å². The van der Waals surface area contributed by atoms with Gasteiger partial charge in [-0.15, -0.1) is 0 Å². The smallest absolute Gasteiger partial charge is 0.0734 e. The molecule has 0 spiro atoms. The molecule has 2 aliphatic rings. The Hall–Kier alpha value is -1.28. The predicted octanol–water partition coefficient (Wildman–Crippen LogP) is 3.42. The Kier molecular flexibility index (Phi) is 2.90. The maximum absolute atomic E-state index is 3.63. The van der Waals surface area contributed by atoms with Crippen LogP contribution in [0.15, 0.2) is 23.9 Å². The van der Waals surface area contributed by atoms with Gasteiger partial charge in [0.25, 0.3) is 0 Å². The minimum Gasteiger partial charge on any atom is -0.330 e. The molecule has 1 heterocycles. The number of benzene rings is 1. The number of fused-ring (bicyclic) bond motifs is 1. The Balaban J connectivity index is 2.03. The third-order valence-electron chi connectivity index (χ3n) is 4.12. The summed E-state index contributed by atoms with van der Waals surface area (Å²) in [6.07, 6.45) is 6.26. The molecule has 1 fully saturated rings. The standard InChI is InChI=1S/C16H22N2/c1-11-8-12(2)16(13(3)9-11)18-10-17-14-6-4-5-7-15(14)18/h7-9,14,17H,4-6,10H2,1-3H3.